The molecule has 0 aliphatic carbocycles. The number of amides is 1. The van der Waals surface area contributed by atoms with Crippen molar-refractivity contribution in [1.29, 1.82) is 0 Å². The van der Waals surface area contributed by atoms with E-state index in [1.165, 1.54) is 28.7 Å². The first-order valence-electron chi connectivity index (χ1n) is 9.33. The molecule has 1 aromatic heterocycles. The number of carbonyl (C=O) groups is 1. The van der Waals surface area contributed by atoms with Crippen LogP contribution in [0, 0.1) is 0 Å². The lowest BCUT2D eigenvalue weighted by Gasteiger charge is -2.25. The Kier molecular flexibility index (Phi) is 7.51. The molecule has 1 aromatic carbocycles. The number of halogens is 4. The highest BCUT2D eigenvalue weighted by Crippen LogP contribution is 2.36. The lowest BCUT2D eigenvalue weighted by molar-refractivity contribution is -0.137. The molecule has 2 heterocycles. The average Bonchev–Trinajstić information content (AvgIpc) is 2.74. The summed E-state index contributed by atoms with van der Waals surface area (Å²) < 4.78 is 65.4. The number of nitrogens with one attached hydrogen (secondary N) is 1. The van der Waals surface area contributed by atoms with Crippen molar-refractivity contribution < 1.29 is 26.4 Å². The van der Waals surface area contributed by atoms with Crippen molar-refractivity contribution in [3.05, 3.63) is 47.1 Å². The van der Waals surface area contributed by atoms with Crippen molar-refractivity contribution in [2.75, 3.05) is 24.2 Å². The van der Waals surface area contributed by atoms with Gasteiger partial charge in [-0.15, -0.1) is 0 Å². The molecule has 0 unspecified atom stereocenters. The topological polar surface area (TPSA) is 79.4 Å². The fourth-order valence-corrected chi connectivity index (χ4v) is 5.35. The van der Waals surface area contributed by atoms with Crippen LogP contribution in [0.5, 0.6) is 0 Å². The summed E-state index contributed by atoms with van der Waals surface area (Å²) in [6.45, 7) is 0.972. The maximum Gasteiger partial charge on any atom is 0.417 e. The summed E-state index contributed by atoms with van der Waals surface area (Å²) in [5.74, 6) is -0.651. The molecular formula is C19H19ClF3N3O3S2. The van der Waals surface area contributed by atoms with Crippen molar-refractivity contribution >= 4 is 45.0 Å². The van der Waals surface area contributed by atoms with Crippen molar-refractivity contribution in [2.24, 2.45) is 0 Å². The molecule has 1 fully saturated rings. The molecule has 6 nitrogen and oxygen atoms in total. The quantitative estimate of drug-likeness (QED) is 0.592. The third-order valence-electron chi connectivity index (χ3n) is 4.57. The molecule has 1 saturated heterocycles. The van der Waals surface area contributed by atoms with Crippen molar-refractivity contribution in [3.63, 3.8) is 0 Å². The summed E-state index contributed by atoms with van der Waals surface area (Å²) in [6.07, 6.45) is -0.719. The van der Waals surface area contributed by atoms with Crippen LogP contribution in [0.15, 0.2) is 46.5 Å². The molecular weight excluding hydrogens is 475 g/mol. The van der Waals surface area contributed by atoms with Crippen LogP contribution in [0.4, 0.5) is 18.9 Å². The number of anilines is 1. The lowest BCUT2D eigenvalue weighted by Crippen LogP contribution is -2.35. The van der Waals surface area contributed by atoms with Crippen molar-refractivity contribution in [3.8, 4) is 0 Å². The van der Waals surface area contributed by atoms with Gasteiger partial charge in [0.1, 0.15) is 4.90 Å². The van der Waals surface area contributed by atoms with Gasteiger partial charge in [0.15, 0.2) is 0 Å². The van der Waals surface area contributed by atoms with Gasteiger partial charge in [-0.1, -0.05) is 29.8 Å². The minimum atomic E-state index is -4.63. The van der Waals surface area contributed by atoms with Gasteiger partial charge in [0, 0.05) is 25.0 Å². The molecule has 1 aliphatic rings. The molecule has 1 amide bonds. The Morgan fingerprint density at radius 1 is 1.16 bits per heavy atom. The highest BCUT2D eigenvalue weighted by molar-refractivity contribution is 7.99. The van der Waals surface area contributed by atoms with Crippen molar-refractivity contribution in [1.82, 2.24) is 9.29 Å². The third kappa shape index (κ3) is 6.12. The molecule has 0 spiro atoms. The SMILES string of the molecule is O=C(CSc1ccc(S(=O)(=O)N2CCCCC2)cn1)Nc1ccc(Cl)c(C(F)(F)F)c1. The number of carbonyl (C=O) groups excluding carboxylic acids is 1. The second-order valence-corrected chi connectivity index (χ2v) is 10.2. The molecule has 3 rings (SSSR count). The summed E-state index contributed by atoms with van der Waals surface area (Å²) in [4.78, 5) is 16.3. The van der Waals surface area contributed by atoms with Crippen LogP contribution in [0.3, 0.4) is 0 Å². The van der Waals surface area contributed by atoms with Crippen LogP contribution >= 0.6 is 23.4 Å². The van der Waals surface area contributed by atoms with E-state index in [-0.39, 0.29) is 16.3 Å². The number of hydrogen-bond acceptors (Lipinski definition) is 5. The fourth-order valence-electron chi connectivity index (χ4n) is 3.02. The monoisotopic (exact) mass is 493 g/mol. The fraction of sp³-hybridized carbons (Fsp3) is 0.368. The average molecular weight is 494 g/mol. The molecule has 0 bridgehead atoms. The number of benzene rings is 1. The zero-order chi connectivity index (χ0) is 22.6. The number of piperidine rings is 1. The number of aromatic nitrogens is 1. The maximum absolute atomic E-state index is 12.9. The number of thioether (sulfide) groups is 1. The summed E-state index contributed by atoms with van der Waals surface area (Å²) in [5, 5.41) is 2.34. The Morgan fingerprint density at radius 3 is 2.48 bits per heavy atom. The summed E-state index contributed by atoms with van der Waals surface area (Å²) >= 11 is 6.60. The van der Waals surface area contributed by atoms with E-state index >= 15 is 0 Å². The smallest absolute Gasteiger partial charge is 0.325 e. The Hall–Kier alpha value is -1.82. The Bertz CT molecular complexity index is 1040. The number of nitrogens with zero attached hydrogens (tertiary/aromatic N) is 2. The molecule has 2 aromatic rings. The molecule has 0 saturated carbocycles. The van der Waals surface area contributed by atoms with Gasteiger partial charge < -0.3 is 5.32 Å². The standard InChI is InChI=1S/C19H19ClF3N3O3S2/c20-16-6-4-13(10-15(16)19(21,22)23)25-17(27)12-30-18-7-5-14(11-24-18)31(28,29)26-8-2-1-3-9-26/h4-7,10-11H,1-3,8-9,12H2,(H,25,27). The highest BCUT2D eigenvalue weighted by atomic mass is 35.5. The number of alkyl halides is 3. The van der Waals surface area contributed by atoms with Gasteiger partial charge in [-0.2, -0.15) is 17.5 Å². The van der Waals surface area contributed by atoms with Crippen LogP contribution < -0.4 is 5.32 Å². The van der Waals surface area contributed by atoms with Crippen LogP contribution in [-0.2, 0) is 21.0 Å². The van der Waals surface area contributed by atoms with Gasteiger partial charge in [-0.25, -0.2) is 13.4 Å². The first kappa shape index (κ1) is 23.8. The molecule has 12 heteroatoms. The number of sulfonamides is 1. The highest BCUT2D eigenvalue weighted by Gasteiger charge is 2.33. The molecule has 0 radical (unpaired) electrons. The lowest BCUT2D eigenvalue weighted by atomic mass is 10.2. The zero-order valence-corrected chi connectivity index (χ0v) is 18.5. The normalized spacial score (nSPS) is 15.6. The largest absolute Gasteiger partial charge is 0.417 e. The van der Waals surface area contributed by atoms with E-state index < -0.39 is 32.7 Å². The first-order chi connectivity index (χ1) is 14.6. The molecule has 31 heavy (non-hydrogen) atoms. The molecule has 0 atom stereocenters. The number of hydrogen-bond donors (Lipinski definition) is 1. The minimum absolute atomic E-state index is 0.0294. The number of pyridine rings is 1. The second-order valence-electron chi connectivity index (χ2n) is 6.83. The van der Waals surface area contributed by atoms with E-state index in [4.69, 9.17) is 11.6 Å². The second kappa shape index (κ2) is 9.76. The van der Waals surface area contributed by atoms with E-state index in [2.05, 4.69) is 10.3 Å². The summed E-state index contributed by atoms with van der Waals surface area (Å²) in [7, 11) is -3.59. The number of rotatable bonds is 6. The van der Waals surface area contributed by atoms with Gasteiger partial charge in [0.2, 0.25) is 15.9 Å². The van der Waals surface area contributed by atoms with Gasteiger partial charge in [0.25, 0.3) is 0 Å². The first-order valence-corrected chi connectivity index (χ1v) is 12.1. The van der Waals surface area contributed by atoms with Gasteiger partial charge >= 0.3 is 6.18 Å². The van der Waals surface area contributed by atoms with Gasteiger partial charge in [0.05, 0.1) is 21.4 Å². The van der Waals surface area contributed by atoms with E-state index in [9.17, 15) is 26.4 Å². The van der Waals surface area contributed by atoms with E-state index in [0.29, 0.717) is 18.1 Å². The molecule has 168 valence electrons. The van der Waals surface area contributed by atoms with Crippen LogP contribution in [0.1, 0.15) is 24.8 Å². The molecule has 1 aliphatic heterocycles. The molecule has 1 N–H and O–H groups in total. The third-order valence-corrected chi connectivity index (χ3v) is 7.72. The summed E-state index contributed by atoms with van der Waals surface area (Å²) in [5.41, 5.74) is -1.06. The van der Waals surface area contributed by atoms with Crippen LogP contribution in [0.2, 0.25) is 5.02 Å². The minimum Gasteiger partial charge on any atom is -0.325 e. The predicted molar refractivity (Wildman–Crippen MR) is 113 cm³/mol. The van der Waals surface area contributed by atoms with E-state index in [1.54, 1.807) is 0 Å². The predicted octanol–water partition coefficient (Wildman–Crippen LogP) is 4.66. The Balaban J connectivity index is 1.58. The van der Waals surface area contributed by atoms with E-state index in [1.807, 2.05) is 0 Å². The van der Waals surface area contributed by atoms with Crippen molar-refractivity contribution in [2.45, 2.75) is 35.4 Å². The van der Waals surface area contributed by atoms with Gasteiger partial charge in [-0.3, -0.25) is 4.79 Å². The Morgan fingerprint density at radius 2 is 1.87 bits per heavy atom. The van der Waals surface area contributed by atoms with Gasteiger partial charge in [-0.05, 0) is 43.2 Å². The maximum atomic E-state index is 12.9. The zero-order valence-electron chi connectivity index (χ0n) is 16.2. The van der Waals surface area contributed by atoms with E-state index in [0.717, 1.165) is 43.2 Å². The Labute approximate surface area is 187 Å². The van der Waals surface area contributed by atoms with Crippen LogP contribution in [0.25, 0.3) is 0 Å². The summed E-state index contributed by atoms with van der Waals surface area (Å²) in [6, 6.07) is 6.04. The van der Waals surface area contributed by atoms with Crippen LogP contribution in [-0.4, -0.2) is 42.5 Å².